The maximum atomic E-state index is 12.0. The number of allylic oxidation sites excluding steroid dienone is 2. The number of ketones is 2. The van der Waals surface area contributed by atoms with Crippen molar-refractivity contribution in [2.45, 2.75) is 43.8 Å². The molecule has 0 radical (unpaired) electrons. The van der Waals surface area contributed by atoms with Crippen molar-refractivity contribution >= 4 is 23.3 Å². The lowest BCUT2D eigenvalue weighted by Gasteiger charge is -2.28. The molecule has 0 aromatic heterocycles. The average Bonchev–Trinajstić information content (AvgIpc) is 3.08. The minimum absolute atomic E-state index is 0.0348. The highest BCUT2D eigenvalue weighted by atomic mass is 32.2. The van der Waals surface area contributed by atoms with Crippen molar-refractivity contribution in [1.29, 1.82) is 0 Å². The molecule has 3 nitrogen and oxygen atoms in total. The van der Waals surface area contributed by atoms with E-state index < -0.39 is 0 Å². The molecule has 0 aromatic carbocycles. The Morgan fingerprint density at radius 1 is 1.35 bits per heavy atom. The Morgan fingerprint density at radius 2 is 1.88 bits per heavy atom. The van der Waals surface area contributed by atoms with E-state index in [0.29, 0.717) is 19.3 Å². The lowest BCUT2D eigenvalue weighted by Crippen LogP contribution is -2.33. The molecule has 0 saturated heterocycles. The predicted octanol–water partition coefficient (Wildman–Crippen LogP) is 2.65. The van der Waals surface area contributed by atoms with Crippen LogP contribution in [0.1, 0.15) is 39.0 Å². The van der Waals surface area contributed by atoms with Gasteiger partial charge in [0.15, 0.2) is 11.6 Å². The number of thioether (sulfide) groups is 1. The summed E-state index contributed by atoms with van der Waals surface area (Å²) in [6, 6.07) is 0. The minimum Gasteiger partial charge on any atom is -0.511 e. The minimum atomic E-state index is -0.161. The number of hydrogen-bond donors (Lipinski definition) is 1. The molecule has 2 saturated carbocycles. The summed E-state index contributed by atoms with van der Waals surface area (Å²) in [6.07, 6.45) is 5.47. The van der Waals surface area contributed by atoms with Gasteiger partial charge in [0.25, 0.3) is 0 Å². The molecule has 4 heteroatoms. The maximum Gasteiger partial charge on any atom is 0.170 e. The van der Waals surface area contributed by atoms with Crippen molar-refractivity contribution in [3.63, 3.8) is 0 Å². The molecular weight excluding hydrogens is 236 g/mol. The summed E-state index contributed by atoms with van der Waals surface area (Å²) in [7, 11) is 0. The topological polar surface area (TPSA) is 54.4 Å². The van der Waals surface area contributed by atoms with Crippen molar-refractivity contribution in [3.05, 3.63) is 11.3 Å². The van der Waals surface area contributed by atoms with Gasteiger partial charge in [0.05, 0.1) is 5.57 Å². The number of aliphatic hydroxyl groups excluding tert-OH is 1. The van der Waals surface area contributed by atoms with E-state index in [-0.39, 0.29) is 33.6 Å². The monoisotopic (exact) mass is 254 g/mol. The highest BCUT2D eigenvalue weighted by molar-refractivity contribution is 8.00. The summed E-state index contributed by atoms with van der Waals surface area (Å²) < 4.78 is 0.165. The first-order valence-electron chi connectivity index (χ1n) is 6.07. The summed E-state index contributed by atoms with van der Waals surface area (Å²) >= 11 is 1.78. The SMILES string of the molecule is CCC(O)=C1C(=O)CC(C2(SC)CC2)CC1=O. The lowest BCUT2D eigenvalue weighted by molar-refractivity contribution is -0.125. The largest absolute Gasteiger partial charge is 0.511 e. The van der Waals surface area contributed by atoms with Crippen molar-refractivity contribution in [1.82, 2.24) is 0 Å². The van der Waals surface area contributed by atoms with E-state index in [1.807, 2.05) is 0 Å². The first-order chi connectivity index (χ1) is 8.04. The lowest BCUT2D eigenvalue weighted by atomic mass is 9.80. The number of hydrogen-bond acceptors (Lipinski definition) is 4. The summed E-state index contributed by atoms with van der Waals surface area (Å²) in [4.78, 5) is 23.9. The van der Waals surface area contributed by atoms with Gasteiger partial charge in [0.1, 0.15) is 5.76 Å². The Bertz CT molecular complexity index is 373. The number of Topliss-reactive ketones (excluding diaryl/α,β-unsaturated/α-hetero) is 2. The second-order valence-electron chi connectivity index (χ2n) is 4.90. The van der Waals surface area contributed by atoms with Gasteiger partial charge in [-0.1, -0.05) is 6.92 Å². The Labute approximate surface area is 106 Å². The van der Waals surface area contributed by atoms with Crippen LogP contribution in [0.15, 0.2) is 11.3 Å². The third kappa shape index (κ3) is 2.15. The van der Waals surface area contributed by atoms with Crippen LogP contribution in [0.2, 0.25) is 0 Å². The fourth-order valence-corrected chi connectivity index (χ4v) is 3.66. The van der Waals surface area contributed by atoms with Gasteiger partial charge < -0.3 is 5.11 Å². The molecule has 0 unspecified atom stereocenters. The summed E-state index contributed by atoms with van der Waals surface area (Å²) in [6.45, 7) is 1.75. The molecule has 94 valence electrons. The molecule has 0 aliphatic heterocycles. The van der Waals surface area contributed by atoms with Crippen LogP contribution in [0, 0.1) is 5.92 Å². The molecule has 2 aliphatic rings. The molecule has 0 bridgehead atoms. The van der Waals surface area contributed by atoms with Crippen LogP contribution in [-0.4, -0.2) is 27.7 Å². The van der Waals surface area contributed by atoms with Gasteiger partial charge in [-0.15, -0.1) is 0 Å². The molecule has 0 heterocycles. The Hall–Kier alpha value is -0.770. The maximum absolute atomic E-state index is 12.0. The van der Waals surface area contributed by atoms with Crippen molar-refractivity contribution in [2.24, 2.45) is 5.92 Å². The standard InChI is InChI=1S/C13H18O3S/c1-3-9(14)12-10(15)6-8(7-11(12)16)13(17-2)4-5-13/h8,14H,3-7H2,1-2H3. The Morgan fingerprint density at radius 3 is 2.24 bits per heavy atom. The first-order valence-corrected chi connectivity index (χ1v) is 7.30. The first kappa shape index (κ1) is 12.7. The van der Waals surface area contributed by atoms with Crippen LogP contribution in [0.3, 0.4) is 0 Å². The number of aliphatic hydroxyl groups is 1. The van der Waals surface area contributed by atoms with Crippen molar-refractivity contribution in [3.8, 4) is 0 Å². The molecule has 2 fully saturated rings. The van der Waals surface area contributed by atoms with Gasteiger partial charge >= 0.3 is 0 Å². The zero-order valence-electron chi connectivity index (χ0n) is 10.3. The molecule has 1 N–H and O–H groups in total. The zero-order chi connectivity index (χ0) is 12.6. The molecule has 0 aromatic rings. The van der Waals surface area contributed by atoms with Gasteiger partial charge in [-0.05, 0) is 25.0 Å². The quantitative estimate of drug-likeness (QED) is 0.478. The van der Waals surface area contributed by atoms with E-state index >= 15 is 0 Å². The predicted molar refractivity (Wildman–Crippen MR) is 68.2 cm³/mol. The molecular formula is C13H18O3S. The summed E-state index contributed by atoms with van der Waals surface area (Å²) in [5.74, 6) is -0.185. The van der Waals surface area contributed by atoms with E-state index in [2.05, 4.69) is 6.26 Å². The number of carbonyl (C=O) groups is 2. The smallest absolute Gasteiger partial charge is 0.170 e. The summed E-state index contributed by atoms with van der Waals surface area (Å²) in [5, 5.41) is 9.62. The highest BCUT2D eigenvalue weighted by Gasteiger charge is 2.52. The van der Waals surface area contributed by atoms with E-state index in [1.54, 1.807) is 18.7 Å². The number of carbonyl (C=O) groups excluding carboxylic acids is 2. The van der Waals surface area contributed by atoms with Crippen LogP contribution in [0.5, 0.6) is 0 Å². The van der Waals surface area contributed by atoms with Gasteiger partial charge in [-0.25, -0.2) is 0 Å². The van der Waals surface area contributed by atoms with Gasteiger partial charge in [0.2, 0.25) is 0 Å². The fourth-order valence-electron chi connectivity index (χ4n) is 2.65. The molecule has 0 atom stereocenters. The van der Waals surface area contributed by atoms with Gasteiger partial charge in [-0.3, -0.25) is 9.59 Å². The van der Waals surface area contributed by atoms with Gasteiger partial charge in [0, 0.05) is 24.0 Å². The molecule has 2 aliphatic carbocycles. The highest BCUT2D eigenvalue weighted by Crippen LogP contribution is 2.56. The van der Waals surface area contributed by atoms with Gasteiger partial charge in [-0.2, -0.15) is 11.8 Å². The van der Waals surface area contributed by atoms with E-state index in [4.69, 9.17) is 0 Å². The second kappa shape index (κ2) is 4.48. The van der Waals surface area contributed by atoms with Crippen LogP contribution >= 0.6 is 11.8 Å². The average molecular weight is 254 g/mol. The Balaban J connectivity index is 2.19. The summed E-state index contributed by atoms with van der Waals surface area (Å²) in [5.41, 5.74) is 0.0700. The van der Waals surface area contributed by atoms with Crippen molar-refractivity contribution in [2.75, 3.05) is 6.26 Å². The molecule has 0 amide bonds. The van der Waals surface area contributed by atoms with Crippen LogP contribution in [0.25, 0.3) is 0 Å². The third-order valence-corrected chi connectivity index (χ3v) is 5.49. The van der Waals surface area contributed by atoms with Crippen LogP contribution in [0.4, 0.5) is 0 Å². The molecule has 0 spiro atoms. The van der Waals surface area contributed by atoms with E-state index in [9.17, 15) is 14.7 Å². The second-order valence-corrected chi connectivity index (χ2v) is 6.12. The van der Waals surface area contributed by atoms with E-state index in [1.165, 1.54) is 0 Å². The fraction of sp³-hybridized carbons (Fsp3) is 0.692. The van der Waals surface area contributed by atoms with Crippen LogP contribution in [-0.2, 0) is 9.59 Å². The zero-order valence-corrected chi connectivity index (χ0v) is 11.1. The molecule has 17 heavy (non-hydrogen) atoms. The van der Waals surface area contributed by atoms with E-state index in [0.717, 1.165) is 12.8 Å². The third-order valence-electron chi connectivity index (χ3n) is 3.94. The normalized spacial score (nSPS) is 27.2. The number of rotatable bonds is 3. The Kier molecular flexibility index (Phi) is 3.34. The molecule has 2 rings (SSSR count). The van der Waals surface area contributed by atoms with Crippen LogP contribution < -0.4 is 0 Å². The van der Waals surface area contributed by atoms with Crippen molar-refractivity contribution < 1.29 is 14.7 Å².